The number of hydrazone groups is 1. The van der Waals surface area contributed by atoms with Crippen LogP contribution in [0, 0.1) is 10.1 Å². The van der Waals surface area contributed by atoms with Crippen molar-refractivity contribution in [2.75, 3.05) is 14.2 Å². The van der Waals surface area contributed by atoms with E-state index >= 15 is 0 Å². The van der Waals surface area contributed by atoms with Crippen molar-refractivity contribution < 1.29 is 19.2 Å². The summed E-state index contributed by atoms with van der Waals surface area (Å²) in [6, 6.07) is 11.1. The van der Waals surface area contributed by atoms with Gasteiger partial charge in [0.05, 0.1) is 31.8 Å². The van der Waals surface area contributed by atoms with Gasteiger partial charge in [0.15, 0.2) is 11.5 Å². The van der Waals surface area contributed by atoms with Gasteiger partial charge in [-0.05, 0) is 17.7 Å². The van der Waals surface area contributed by atoms with Gasteiger partial charge < -0.3 is 9.47 Å². The quantitative estimate of drug-likeness (QED) is 0.472. The molecule has 2 aromatic rings. The van der Waals surface area contributed by atoms with Crippen LogP contribution in [-0.4, -0.2) is 31.3 Å². The van der Waals surface area contributed by atoms with Crippen LogP contribution in [0.4, 0.5) is 5.69 Å². The molecule has 0 unspecified atom stereocenters. The monoisotopic (exact) mass is 343 g/mol. The van der Waals surface area contributed by atoms with Gasteiger partial charge in [0, 0.05) is 17.7 Å². The lowest BCUT2D eigenvalue weighted by Gasteiger charge is -2.09. The number of non-ortho nitro benzene ring substituents is 1. The zero-order valence-electron chi connectivity index (χ0n) is 13.8. The van der Waals surface area contributed by atoms with E-state index in [4.69, 9.17) is 9.47 Å². The molecule has 2 rings (SSSR count). The van der Waals surface area contributed by atoms with E-state index in [1.807, 2.05) is 0 Å². The summed E-state index contributed by atoms with van der Waals surface area (Å²) in [6.45, 7) is 0. The highest BCUT2D eigenvalue weighted by Gasteiger charge is 2.08. The van der Waals surface area contributed by atoms with Crippen molar-refractivity contribution in [1.82, 2.24) is 5.43 Å². The molecule has 0 aliphatic heterocycles. The van der Waals surface area contributed by atoms with Crippen molar-refractivity contribution in [2.24, 2.45) is 5.10 Å². The number of hydrogen-bond donors (Lipinski definition) is 1. The third-order valence-corrected chi connectivity index (χ3v) is 3.34. The molecule has 0 saturated heterocycles. The molecular formula is C17H17N3O5. The van der Waals surface area contributed by atoms with E-state index in [0.29, 0.717) is 22.6 Å². The van der Waals surface area contributed by atoms with Crippen molar-refractivity contribution in [3.8, 4) is 11.5 Å². The number of carbonyl (C=O) groups is 1. The minimum atomic E-state index is -0.490. The molecule has 2 aromatic carbocycles. The average Bonchev–Trinajstić information content (AvgIpc) is 2.61. The lowest BCUT2D eigenvalue weighted by molar-refractivity contribution is -0.384. The number of carbonyl (C=O) groups excluding carboxylic acids is 1. The smallest absolute Gasteiger partial charge is 0.269 e. The Morgan fingerprint density at radius 1 is 1.20 bits per heavy atom. The largest absolute Gasteiger partial charge is 0.493 e. The van der Waals surface area contributed by atoms with E-state index in [-0.39, 0.29) is 18.0 Å². The minimum absolute atomic E-state index is 0.0210. The maximum atomic E-state index is 11.9. The second-order valence-electron chi connectivity index (χ2n) is 4.98. The van der Waals surface area contributed by atoms with Crippen LogP contribution < -0.4 is 14.9 Å². The van der Waals surface area contributed by atoms with Crippen LogP contribution >= 0.6 is 0 Å². The molecule has 1 amide bonds. The number of methoxy groups -OCH3 is 2. The maximum Gasteiger partial charge on any atom is 0.269 e. The Labute approximate surface area is 144 Å². The van der Waals surface area contributed by atoms with Crippen molar-refractivity contribution in [3.63, 3.8) is 0 Å². The predicted octanol–water partition coefficient (Wildman–Crippen LogP) is 2.30. The fourth-order valence-corrected chi connectivity index (χ4v) is 2.15. The van der Waals surface area contributed by atoms with Gasteiger partial charge in [-0.25, -0.2) is 5.43 Å². The number of para-hydroxylation sites is 1. The number of nitro groups is 1. The second-order valence-corrected chi connectivity index (χ2v) is 4.98. The molecule has 25 heavy (non-hydrogen) atoms. The Morgan fingerprint density at radius 3 is 2.52 bits per heavy atom. The highest BCUT2D eigenvalue weighted by molar-refractivity contribution is 5.86. The molecule has 0 saturated carbocycles. The average molecular weight is 343 g/mol. The molecule has 8 heteroatoms. The van der Waals surface area contributed by atoms with Gasteiger partial charge in [-0.2, -0.15) is 5.10 Å². The lowest BCUT2D eigenvalue weighted by atomic mass is 10.1. The summed E-state index contributed by atoms with van der Waals surface area (Å²) in [5.41, 5.74) is 3.69. The molecule has 1 N–H and O–H groups in total. The summed E-state index contributed by atoms with van der Waals surface area (Å²) in [7, 11) is 3.05. The Kier molecular flexibility index (Phi) is 6.05. The number of rotatable bonds is 7. The summed E-state index contributed by atoms with van der Waals surface area (Å²) in [5.74, 6) is 0.731. The molecule has 0 atom stereocenters. The first-order valence-electron chi connectivity index (χ1n) is 7.31. The van der Waals surface area contributed by atoms with E-state index < -0.39 is 4.92 Å². The van der Waals surface area contributed by atoms with E-state index in [9.17, 15) is 14.9 Å². The second kappa shape index (κ2) is 8.44. The molecule has 0 aliphatic rings. The van der Waals surface area contributed by atoms with E-state index in [1.54, 1.807) is 18.2 Å². The Bertz CT molecular complexity index is 787. The standard InChI is InChI=1S/C17H17N3O5/c1-24-15-5-3-4-13(17(15)25-2)11-18-19-16(21)10-12-6-8-14(9-7-12)20(22)23/h3-9,11H,10H2,1-2H3,(H,19,21)/b18-11+. The van der Waals surface area contributed by atoms with Gasteiger partial charge in [0.2, 0.25) is 5.91 Å². The maximum absolute atomic E-state index is 11.9. The van der Waals surface area contributed by atoms with Crippen LogP contribution in [0.15, 0.2) is 47.6 Å². The number of benzene rings is 2. The van der Waals surface area contributed by atoms with E-state index in [2.05, 4.69) is 10.5 Å². The molecule has 0 spiro atoms. The van der Waals surface area contributed by atoms with Gasteiger partial charge >= 0.3 is 0 Å². The fraction of sp³-hybridized carbons (Fsp3) is 0.176. The first-order valence-corrected chi connectivity index (χ1v) is 7.31. The summed E-state index contributed by atoms with van der Waals surface area (Å²) in [5, 5.41) is 14.5. The minimum Gasteiger partial charge on any atom is -0.493 e. The Balaban J connectivity index is 1.98. The van der Waals surface area contributed by atoms with Gasteiger partial charge in [-0.15, -0.1) is 0 Å². The van der Waals surface area contributed by atoms with Crippen LogP contribution in [0.2, 0.25) is 0 Å². The first kappa shape index (κ1) is 17.9. The zero-order chi connectivity index (χ0) is 18.2. The van der Waals surface area contributed by atoms with Gasteiger partial charge in [-0.1, -0.05) is 18.2 Å². The van der Waals surface area contributed by atoms with E-state index in [0.717, 1.165) is 0 Å². The van der Waals surface area contributed by atoms with Crippen molar-refractivity contribution >= 4 is 17.8 Å². The van der Waals surface area contributed by atoms with Gasteiger partial charge in [-0.3, -0.25) is 14.9 Å². The van der Waals surface area contributed by atoms with Crippen molar-refractivity contribution in [3.05, 3.63) is 63.7 Å². The number of amides is 1. The molecule has 0 aliphatic carbocycles. The van der Waals surface area contributed by atoms with Crippen molar-refractivity contribution in [1.29, 1.82) is 0 Å². The molecule has 130 valence electrons. The van der Waals surface area contributed by atoms with Gasteiger partial charge in [0.1, 0.15) is 0 Å². The molecule has 0 aromatic heterocycles. The molecular weight excluding hydrogens is 326 g/mol. The normalized spacial score (nSPS) is 10.5. The highest BCUT2D eigenvalue weighted by atomic mass is 16.6. The number of nitro benzene ring substituents is 1. The molecule has 0 fully saturated rings. The third-order valence-electron chi connectivity index (χ3n) is 3.34. The summed E-state index contributed by atoms with van der Waals surface area (Å²) < 4.78 is 10.5. The number of hydrogen-bond acceptors (Lipinski definition) is 6. The van der Waals surface area contributed by atoms with E-state index in [1.165, 1.54) is 44.7 Å². The Hall–Kier alpha value is -3.42. The summed E-state index contributed by atoms with van der Waals surface area (Å²) in [4.78, 5) is 22.0. The van der Waals surface area contributed by atoms with Crippen LogP contribution in [0.1, 0.15) is 11.1 Å². The number of ether oxygens (including phenoxy) is 2. The number of nitrogens with zero attached hydrogens (tertiary/aromatic N) is 2. The molecule has 0 bridgehead atoms. The third kappa shape index (κ3) is 4.77. The van der Waals surface area contributed by atoms with Crippen LogP contribution in [-0.2, 0) is 11.2 Å². The van der Waals surface area contributed by atoms with Crippen molar-refractivity contribution in [2.45, 2.75) is 6.42 Å². The van der Waals surface area contributed by atoms with Gasteiger partial charge in [0.25, 0.3) is 5.69 Å². The number of nitrogens with one attached hydrogen (secondary N) is 1. The van der Waals surface area contributed by atoms with Crippen LogP contribution in [0.3, 0.4) is 0 Å². The fourth-order valence-electron chi connectivity index (χ4n) is 2.15. The first-order chi connectivity index (χ1) is 12.0. The highest BCUT2D eigenvalue weighted by Crippen LogP contribution is 2.29. The molecule has 0 radical (unpaired) electrons. The zero-order valence-corrected chi connectivity index (χ0v) is 13.8. The molecule has 8 nitrogen and oxygen atoms in total. The SMILES string of the molecule is COc1cccc(/C=N/NC(=O)Cc2ccc([N+](=O)[O-])cc2)c1OC. The summed E-state index contributed by atoms with van der Waals surface area (Å²) in [6.07, 6.45) is 1.51. The summed E-state index contributed by atoms with van der Waals surface area (Å²) >= 11 is 0. The predicted molar refractivity (Wildman–Crippen MR) is 92.1 cm³/mol. The lowest BCUT2D eigenvalue weighted by Crippen LogP contribution is -2.19. The molecule has 0 heterocycles. The van der Waals surface area contributed by atoms with Crippen LogP contribution in [0.5, 0.6) is 11.5 Å². The Morgan fingerprint density at radius 2 is 1.92 bits per heavy atom. The topological polar surface area (TPSA) is 103 Å². The van der Waals surface area contributed by atoms with Crippen LogP contribution in [0.25, 0.3) is 0 Å².